The van der Waals surface area contributed by atoms with Gasteiger partial charge in [-0.3, -0.25) is 15.6 Å². The third-order valence-corrected chi connectivity index (χ3v) is 7.63. The number of thiazole rings is 1. The number of allylic oxidation sites excluding steroid dienone is 1. The number of para-hydroxylation sites is 1. The Kier molecular flexibility index (Phi) is 8.34. The summed E-state index contributed by atoms with van der Waals surface area (Å²) in [5, 5.41) is 9.67. The zero-order valence-electron chi connectivity index (χ0n) is 21.4. The molecule has 2 aliphatic rings. The molecule has 2 aliphatic heterocycles. The Labute approximate surface area is 227 Å². The molecule has 208 valence electrons. The van der Waals surface area contributed by atoms with Crippen molar-refractivity contribution in [2.24, 2.45) is 0 Å². The van der Waals surface area contributed by atoms with E-state index in [1.165, 1.54) is 16.9 Å². The molecule has 3 aromatic rings. The highest BCUT2D eigenvalue weighted by Gasteiger charge is 2.32. The normalized spacial score (nSPS) is 21.2. The quantitative estimate of drug-likeness (QED) is 0.219. The topological polar surface area (TPSA) is 73.2 Å². The van der Waals surface area contributed by atoms with Crippen LogP contribution in [0.2, 0.25) is 0 Å². The monoisotopic (exact) mass is 563 g/mol. The summed E-state index contributed by atoms with van der Waals surface area (Å²) in [6, 6.07) is 8.47. The molecule has 0 radical (unpaired) electrons. The molecule has 7 nitrogen and oxygen atoms in total. The number of ether oxygens (including phenoxy) is 1. The Balaban J connectivity index is 1.30. The van der Waals surface area contributed by atoms with Crippen LogP contribution < -0.4 is 15.5 Å². The Morgan fingerprint density at radius 3 is 2.82 bits per heavy atom. The minimum absolute atomic E-state index is 0.0392. The smallest absolute Gasteiger partial charge is 0.282 e. The van der Waals surface area contributed by atoms with E-state index in [0.717, 1.165) is 39.2 Å². The van der Waals surface area contributed by atoms with Gasteiger partial charge in [-0.15, -0.1) is 11.3 Å². The Morgan fingerprint density at radius 1 is 1.23 bits per heavy atom. The fourth-order valence-electron chi connectivity index (χ4n) is 4.63. The average Bonchev–Trinajstić information content (AvgIpc) is 3.68. The molecule has 4 heterocycles. The SMILES string of the molecule is CC(C)=CCOc1ccccc1C1C=C(c2csc(C3CCNC(n4nc(C(F)F)cc4C(F)F)C3)n2)NO1. The van der Waals surface area contributed by atoms with Crippen molar-refractivity contribution in [1.82, 2.24) is 25.6 Å². The molecule has 3 atom stereocenters. The van der Waals surface area contributed by atoms with Crippen LogP contribution in [0.25, 0.3) is 5.70 Å². The van der Waals surface area contributed by atoms with Gasteiger partial charge in [0, 0.05) is 16.9 Å². The van der Waals surface area contributed by atoms with Crippen LogP contribution in [0.4, 0.5) is 17.6 Å². The lowest BCUT2D eigenvalue weighted by Crippen LogP contribution is -2.36. The second kappa shape index (κ2) is 11.9. The third-order valence-electron chi connectivity index (χ3n) is 6.62. The molecule has 0 bridgehead atoms. The summed E-state index contributed by atoms with van der Waals surface area (Å²) < 4.78 is 60.3. The number of aromatic nitrogens is 3. The zero-order valence-corrected chi connectivity index (χ0v) is 22.2. The highest BCUT2D eigenvalue weighted by Crippen LogP contribution is 2.38. The number of benzene rings is 1. The van der Waals surface area contributed by atoms with E-state index >= 15 is 0 Å². The molecule has 5 rings (SSSR count). The predicted octanol–water partition coefficient (Wildman–Crippen LogP) is 6.84. The van der Waals surface area contributed by atoms with Gasteiger partial charge in [-0.2, -0.15) is 5.10 Å². The van der Waals surface area contributed by atoms with Crippen molar-refractivity contribution in [3.8, 4) is 5.75 Å². The molecular formula is C27H29F4N5O2S. The summed E-state index contributed by atoms with van der Waals surface area (Å²) in [6.07, 6.45) is -1.74. The van der Waals surface area contributed by atoms with Gasteiger partial charge in [0.25, 0.3) is 12.9 Å². The van der Waals surface area contributed by atoms with E-state index in [1.54, 1.807) is 0 Å². The molecular weight excluding hydrogens is 534 g/mol. The summed E-state index contributed by atoms with van der Waals surface area (Å²) in [5.74, 6) is 0.693. The van der Waals surface area contributed by atoms with Crippen LogP contribution in [0.3, 0.4) is 0 Å². The molecule has 2 N–H and O–H groups in total. The first-order valence-electron chi connectivity index (χ1n) is 12.6. The molecule has 0 saturated carbocycles. The van der Waals surface area contributed by atoms with Crippen LogP contribution in [-0.4, -0.2) is 27.9 Å². The number of hydroxylamine groups is 1. The summed E-state index contributed by atoms with van der Waals surface area (Å²) in [7, 11) is 0. The van der Waals surface area contributed by atoms with E-state index in [-0.39, 0.29) is 12.0 Å². The van der Waals surface area contributed by atoms with E-state index in [4.69, 9.17) is 14.6 Å². The Bertz CT molecular complexity index is 1350. The lowest BCUT2D eigenvalue weighted by atomic mass is 9.96. The van der Waals surface area contributed by atoms with Crippen molar-refractivity contribution in [2.45, 2.75) is 57.7 Å². The van der Waals surface area contributed by atoms with Gasteiger partial charge in [-0.1, -0.05) is 23.8 Å². The molecule has 1 aromatic carbocycles. The summed E-state index contributed by atoms with van der Waals surface area (Å²) in [6.45, 7) is 5.01. The standard InChI is InChI=1S/C27H29F4N5O2S/c1-15(2)8-10-37-22-6-4-3-5-17(22)23-13-18(35-38-23)20-14-39-27(33-20)16-7-9-32-24(11-16)36-21(26(30)31)12-19(34-36)25(28)29/h3-6,8,12-14,16,23-26,32,35H,7,9-11H2,1-2H3. The van der Waals surface area contributed by atoms with Gasteiger partial charge < -0.3 is 4.74 Å². The van der Waals surface area contributed by atoms with Crippen molar-refractivity contribution in [2.75, 3.05) is 13.2 Å². The van der Waals surface area contributed by atoms with Gasteiger partial charge in [0.15, 0.2) is 0 Å². The number of hydrogen-bond donors (Lipinski definition) is 2. The van der Waals surface area contributed by atoms with Gasteiger partial charge in [0.05, 0.1) is 16.4 Å². The summed E-state index contributed by atoms with van der Waals surface area (Å²) in [5.41, 5.74) is 5.29. The van der Waals surface area contributed by atoms with Gasteiger partial charge in [0.1, 0.15) is 36.0 Å². The van der Waals surface area contributed by atoms with Crippen LogP contribution in [-0.2, 0) is 4.84 Å². The van der Waals surface area contributed by atoms with Crippen LogP contribution in [0.15, 0.2) is 53.4 Å². The highest BCUT2D eigenvalue weighted by molar-refractivity contribution is 7.09. The fraction of sp³-hybridized carbons (Fsp3) is 0.407. The Hall–Kier alpha value is -3.22. The molecule has 12 heteroatoms. The van der Waals surface area contributed by atoms with Gasteiger partial charge in [-0.05, 0) is 57.5 Å². The molecule has 0 spiro atoms. The summed E-state index contributed by atoms with van der Waals surface area (Å²) in [4.78, 5) is 10.6. The van der Waals surface area contributed by atoms with Gasteiger partial charge in [0.2, 0.25) is 0 Å². The molecule has 39 heavy (non-hydrogen) atoms. The minimum atomic E-state index is -2.92. The first-order valence-corrected chi connectivity index (χ1v) is 13.5. The number of halogens is 4. The second-order valence-electron chi connectivity index (χ2n) is 9.65. The molecule has 1 fully saturated rings. The average molecular weight is 564 g/mol. The van der Waals surface area contributed by atoms with Crippen LogP contribution in [0.1, 0.15) is 85.4 Å². The van der Waals surface area contributed by atoms with Gasteiger partial charge in [-0.25, -0.2) is 27.2 Å². The highest BCUT2D eigenvalue weighted by atomic mass is 32.1. The number of piperidine rings is 1. The lowest BCUT2D eigenvalue weighted by molar-refractivity contribution is 0.0494. The van der Waals surface area contributed by atoms with E-state index < -0.39 is 30.4 Å². The van der Waals surface area contributed by atoms with Crippen LogP contribution in [0, 0.1) is 0 Å². The molecule has 3 unspecified atom stereocenters. The maximum atomic E-state index is 13.5. The van der Waals surface area contributed by atoms with E-state index in [0.29, 0.717) is 25.3 Å². The number of hydrogen-bond acceptors (Lipinski definition) is 7. The fourth-order valence-corrected chi connectivity index (χ4v) is 5.60. The van der Waals surface area contributed by atoms with Crippen molar-refractivity contribution in [3.63, 3.8) is 0 Å². The predicted molar refractivity (Wildman–Crippen MR) is 140 cm³/mol. The molecule has 1 saturated heterocycles. The van der Waals surface area contributed by atoms with Crippen molar-refractivity contribution in [1.29, 1.82) is 0 Å². The molecule has 0 aliphatic carbocycles. The molecule has 2 aromatic heterocycles. The number of nitrogens with one attached hydrogen (secondary N) is 2. The minimum Gasteiger partial charge on any atom is -0.489 e. The number of nitrogens with zero attached hydrogens (tertiary/aromatic N) is 3. The van der Waals surface area contributed by atoms with Gasteiger partial charge >= 0.3 is 0 Å². The maximum absolute atomic E-state index is 13.5. The van der Waals surface area contributed by atoms with Crippen LogP contribution >= 0.6 is 11.3 Å². The van der Waals surface area contributed by atoms with Crippen LogP contribution in [0.5, 0.6) is 5.75 Å². The first kappa shape index (κ1) is 27.4. The maximum Gasteiger partial charge on any atom is 0.282 e. The van der Waals surface area contributed by atoms with Crippen molar-refractivity contribution in [3.05, 3.63) is 81.1 Å². The summed E-state index contributed by atoms with van der Waals surface area (Å²) >= 11 is 1.47. The van der Waals surface area contributed by atoms with Crippen molar-refractivity contribution >= 4 is 17.0 Å². The lowest BCUT2D eigenvalue weighted by Gasteiger charge is -2.30. The first-order chi connectivity index (χ1) is 18.8. The second-order valence-corrected chi connectivity index (χ2v) is 10.5. The number of alkyl halides is 4. The van der Waals surface area contributed by atoms with E-state index in [1.807, 2.05) is 55.6 Å². The van der Waals surface area contributed by atoms with Crippen molar-refractivity contribution < 1.29 is 27.1 Å². The Morgan fingerprint density at radius 2 is 2.05 bits per heavy atom. The van der Waals surface area contributed by atoms with E-state index in [9.17, 15) is 17.6 Å². The third kappa shape index (κ3) is 6.18. The largest absolute Gasteiger partial charge is 0.489 e. The molecule has 0 amide bonds. The zero-order chi connectivity index (χ0) is 27.5. The van der Waals surface area contributed by atoms with E-state index in [2.05, 4.69) is 15.9 Å². The number of rotatable bonds is 9.